The molecular weight excluding hydrogens is 238 g/mol. The molecule has 0 fully saturated rings. The quantitative estimate of drug-likeness (QED) is 0.807. The van der Waals surface area contributed by atoms with Crippen molar-refractivity contribution >= 4 is 11.6 Å². The minimum Gasteiger partial charge on any atom is -0.308 e. The van der Waals surface area contributed by atoms with Crippen molar-refractivity contribution in [1.29, 1.82) is 0 Å². The van der Waals surface area contributed by atoms with Gasteiger partial charge < -0.3 is 15.1 Å². The molecule has 1 aliphatic heterocycles. The second kappa shape index (κ2) is 6.17. The molecule has 1 aliphatic rings. The van der Waals surface area contributed by atoms with Gasteiger partial charge in [0.1, 0.15) is 0 Å². The van der Waals surface area contributed by atoms with E-state index in [1.807, 2.05) is 37.2 Å². The minimum atomic E-state index is 0.163. The fourth-order valence-electron chi connectivity index (χ4n) is 2.53. The number of carbonyl (C=O) groups is 1. The largest absolute Gasteiger partial charge is 0.308 e. The molecule has 1 atom stereocenters. The van der Waals surface area contributed by atoms with Gasteiger partial charge in [0.2, 0.25) is 5.91 Å². The van der Waals surface area contributed by atoms with Crippen LogP contribution < -0.4 is 10.2 Å². The van der Waals surface area contributed by atoms with Crippen molar-refractivity contribution < 1.29 is 4.79 Å². The third-order valence-electron chi connectivity index (χ3n) is 3.49. The number of fused-ring (bicyclic) bond motifs is 1. The number of benzene rings is 1. The van der Waals surface area contributed by atoms with Gasteiger partial charge in [0, 0.05) is 24.8 Å². The molecule has 0 saturated carbocycles. The van der Waals surface area contributed by atoms with E-state index >= 15 is 0 Å². The molecule has 1 aromatic rings. The highest BCUT2D eigenvalue weighted by Gasteiger charge is 2.29. The van der Waals surface area contributed by atoms with Crippen LogP contribution in [0.15, 0.2) is 24.3 Å². The number of anilines is 1. The first-order chi connectivity index (χ1) is 9.09. The van der Waals surface area contributed by atoms with E-state index in [1.165, 1.54) is 5.56 Å². The van der Waals surface area contributed by atoms with Crippen LogP contribution in [0.25, 0.3) is 0 Å². The van der Waals surface area contributed by atoms with Crippen molar-refractivity contribution in [2.45, 2.75) is 19.4 Å². The maximum atomic E-state index is 12.3. The Morgan fingerprint density at radius 1 is 1.42 bits per heavy atom. The summed E-state index contributed by atoms with van der Waals surface area (Å²) in [7, 11) is 4.06. The fourth-order valence-corrected chi connectivity index (χ4v) is 2.53. The van der Waals surface area contributed by atoms with E-state index in [0.29, 0.717) is 6.54 Å². The van der Waals surface area contributed by atoms with Crippen molar-refractivity contribution in [3.8, 4) is 0 Å². The van der Waals surface area contributed by atoms with Crippen LogP contribution in [0.5, 0.6) is 0 Å². The van der Waals surface area contributed by atoms with Crippen molar-refractivity contribution in [3.05, 3.63) is 29.8 Å². The third-order valence-corrected chi connectivity index (χ3v) is 3.49. The highest BCUT2D eigenvalue weighted by atomic mass is 16.2. The normalized spacial score (nSPS) is 17.9. The summed E-state index contributed by atoms with van der Waals surface area (Å²) in [5.74, 6) is 0.163. The maximum Gasteiger partial charge on any atom is 0.241 e. The molecule has 1 aromatic carbocycles. The van der Waals surface area contributed by atoms with Gasteiger partial charge >= 0.3 is 0 Å². The van der Waals surface area contributed by atoms with Crippen molar-refractivity contribution in [2.75, 3.05) is 38.6 Å². The second-order valence-corrected chi connectivity index (χ2v) is 5.43. The number of likely N-dealkylation sites (N-methyl/N-ethyl adjacent to an activating group) is 1. The molecule has 0 bridgehead atoms. The smallest absolute Gasteiger partial charge is 0.241 e. The molecule has 0 aliphatic carbocycles. The maximum absolute atomic E-state index is 12.3. The molecule has 1 heterocycles. The molecule has 104 valence electrons. The zero-order valence-corrected chi connectivity index (χ0v) is 12.0. The number of nitrogens with one attached hydrogen (secondary N) is 1. The number of hydrogen-bond acceptors (Lipinski definition) is 3. The van der Waals surface area contributed by atoms with Crippen LogP contribution >= 0.6 is 0 Å². The lowest BCUT2D eigenvalue weighted by Crippen LogP contribution is -2.42. The van der Waals surface area contributed by atoms with Gasteiger partial charge in [0.25, 0.3) is 0 Å². The molecule has 1 amide bonds. The van der Waals surface area contributed by atoms with Crippen molar-refractivity contribution in [3.63, 3.8) is 0 Å². The average Bonchev–Trinajstić information content (AvgIpc) is 2.70. The van der Waals surface area contributed by atoms with E-state index in [0.717, 1.165) is 25.2 Å². The third kappa shape index (κ3) is 3.33. The summed E-state index contributed by atoms with van der Waals surface area (Å²) in [4.78, 5) is 16.3. The zero-order valence-electron chi connectivity index (χ0n) is 12.0. The van der Waals surface area contributed by atoms with E-state index in [9.17, 15) is 4.79 Å². The van der Waals surface area contributed by atoms with Crippen LogP contribution in [0.3, 0.4) is 0 Å². The van der Waals surface area contributed by atoms with Gasteiger partial charge in [-0.3, -0.25) is 4.79 Å². The van der Waals surface area contributed by atoms with Crippen LogP contribution in [0.2, 0.25) is 0 Å². The summed E-state index contributed by atoms with van der Waals surface area (Å²) in [5, 5.41) is 3.21. The Labute approximate surface area is 115 Å². The van der Waals surface area contributed by atoms with Gasteiger partial charge in [-0.05, 0) is 39.1 Å². The Morgan fingerprint density at radius 2 is 2.16 bits per heavy atom. The first kappa shape index (κ1) is 14.0. The van der Waals surface area contributed by atoms with Gasteiger partial charge in [-0.1, -0.05) is 18.2 Å². The van der Waals surface area contributed by atoms with Crippen LogP contribution in [-0.2, 0) is 11.2 Å². The Bertz CT molecular complexity index is 445. The summed E-state index contributed by atoms with van der Waals surface area (Å²) in [6.07, 6.45) is 0.958. The molecule has 19 heavy (non-hydrogen) atoms. The minimum absolute atomic E-state index is 0.163. The number of rotatable bonds is 5. The Morgan fingerprint density at radius 3 is 2.89 bits per heavy atom. The van der Waals surface area contributed by atoms with Crippen molar-refractivity contribution in [2.24, 2.45) is 0 Å². The monoisotopic (exact) mass is 261 g/mol. The van der Waals surface area contributed by atoms with E-state index in [1.54, 1.807) is 0 Å². The van der Waals surface area contributed by atoms with E-state index < -0.39 is 0 Å². The van der Waals surface area contributed by atoms with Gasteiger partial charge in [-0.15, -0.1) is 0 Å². The van der Waals surface area contributed by atoms with Gasteiger partial charge in [0.15, 0.2) is 0 Å². The Balaban J connectivity index is 1.92. The topological polar surface area (TPSA) is 35.6 Å². The standard InChI is InChI=1S/C15H23N3O/c1-12-10-13-6-4-5-7-14(13)18(12)15(19)11-16-8-9-17(2)3/h4-7,12,16H,8-11H2,1-3H3/t12-/m1/s1. The summed E-state index contributed by atoms with van der Waals surface area (Å²) in [6.45, 7) is 4.30. The Hall–Kier alpha value is -1.39. The number of nitrogens with zero attached hydrogens (tertiary/aromatic N) is 2. The van der Waals surface area contributed by atoms with Crippen LogP contribution in [-0.4, -0.2) is 50.6 Å². The fraction of sp³-hybridized carbons (Fsp3) is 0.533. The van der Waals surface area contributed by atoms with Crippen LogP contribution in [0.1, 0.15) is 12.5 Å². The summed E-state index contributed by atoms with van der Waals surface area (Å²) in [6, 6.07) is 8.45. The zero-order chi connectivity index (χ0) is 13.8. The number of hydrogen-bond donors (Lipinski definition) is 1. The molecule has 2 rings (SSSR count). The number of carbonyl (C=O) groups excluding carboxylic acids is 1. The van der Waals surface area contributed by atoms with E-state index in [-0.39, 0.29) is 11.9 Å². The lowest BCUT2D eigenvalue weighted by molar-refractivity contribution is -0.118. The van der Waals surface area contributed by atoms with Gasteiger partial charge in [-0.2, -0.15) is 0 Å². The van der Waals surface area contributed by atoms with E-state index in [4.69, 9.17) is 0 Å². The lowest BCUT2D eigenvalue weighted by Gasteiger charge is -2.23. The molecular formula is C15H23N3O. The first-order valence-electron chi connectivity index (χ1n) is 6.85. The van der Waals surface area contributed by atoms with Crippen LogP contribution in [0, 0.1) is 0 Å². The molecule has 0 aromatic heterocycles. The van der Waals surface area contributed by atoms with Crippen molar-refractivity contribution in [1.82, 2.24) is 10.2 Å². The number of para-hydroxylation sites is 1. The summed E-state index contributed by atoms with van der Waals surface area (Å²) >= 11 is 0. The molecule has 0 radical (unpaired) electrons. The first-order valence-corrected chi connectivity index (χ1v) is 6.85. The highest BCUT2D eigenvalue weighted by Crippen LogP contribution is 2.31. The lowest BCUT2D eigenvalue weighted by atomic mass is 10.1. The van der Waals surface area contributed by atoms with Crippen LogP contribution in [0.4, 0.5) is 5.69 Å². The van der Waals surface area contributed by atoms with E-state index in [2.05, 4.69) is 23.2 Å². The SMILES string of the molecule is C[C@@H]1Cc2ccccc2N1C(=O)CNCCN(C)C. The predicted octanol–water partition coefficient (Wildman–Crippen LogP) is 1.12. The van der Waals surface area contributed by atoms with Gasteiger partial charge in [-0.25, -0.2) is 0 Å². The number of amides is 1. The summed E-state index contributed by atoms with van der Waals surface area (Å²) < 4.78 is 0. The predicted molar refractivity (Wildman–Crippen MR) is 78.5 cm³/mol. The second-order valence-electron chi connectivity index (χ2n) is 5.43. The molecule has 0 saturated heterocycles. The molecule has 4 nitrogen and oxygen atoms in total. The molecule has 0 unspecified atom stereocenters. The Kier molecular flexibility index (Phi) is 4.56. The highest BCUT2D eigenvalue weighted by molar-refractivity contribution is 5.97. The molecule has 1 N–H and O–H groups in total. The van der Waals surface area contributed by atoms with Gasteiger partial charge in [0.05, 0.1) is 6.54 Å². The summed E-state index contributed by atoms with van der Waals surface area (Å²) in [5.41, 5.74) is 2.35. The molecule has 0 spiro atoms. The average molecular weight is 261 g/mol. The molecule has 4 heteroatoms.